The number of rotatable bonds is 2. The molecule has 2 aromatic rings. The van der Waals surface area contributed by atoms with Gasteiger partial charge in [-0.1, -0.05) is 18.2 Å². The molecule has 3 rings (SSSR count). The van der Waals surface area contributed by atoms with Crippen molar-refractivity contribution in [3.8, 4) is 0 Å². The maximum atomic E-state index is 10.9. The number of anilines is 2. The third-order valence-corrected chi connectivity index (χ3v) is 3.10. The summed E-state index contributed by atoms with van der Waals surface area (Å²) in [4.78, 5) is 19.5. The van der Waals surface area contributed by atoms with Gasteiger partial charge in [0.2, 0.25) is 5.91 Å². The highest BCUT2D eigenvalue weighted by Gasteiger charge is 2.22. The van der Waals surface area contributed by atoms with Crippen LogP contribution in [0.3, 0.4) is 0 Å². The topological polar surface area (TPSA) is 66.9 Å². The van der Waals surface area contributed by atoms with E-state index in [0.29, 0.717) is 5.82 Å². The molecule has 1 aliphatic rings. The van der Waals surface area contributed by atoms with Gasteiger partial charge in [-0.2, -0.15) is 0 Å². The van der Waals surface area contributed by atoms with Crippen LogP contribution in [0.15, 0.2) is 36.7 Å². The summed E-state index contributed by atoms with van der Waals surface area (Å²) < 4.78 is 0. The third kappa shape index (κ3) is 2.40. The van der Waals surface area contributed by atoms with Crippen molar-refractivity contribution in [3.63, 3.8) is 0 Å². The molecular weight excluding hydrogens is 240 g/mol. The Kier molecular flexibility index (Phi) is 2.87. The number of aromatic nitrogens is 2. The zero-order chi connectivity index (χ0) is 13.2. The molecule has 1 aromatic heterocycles. The van der Waals surface area contributed by atoms with Crippen LogP contribution in [0.5, 0.6) is 0 Å². The Morgan fingerprint density at radius 1 is 1.32 bits per heavy atom. The highest BCUT2D eigenvalue weighted by molar-refractivity contribution is 5.87. The molecule has 0 aliphatic carbocycles. The highest BCUT2D eigenvalue weighted by Crippen LogP contribution is 2.32. The number of carbonyl (C=O) groups is 1. The Hall–Kier alpha value is -2.43. The number of carbonyl (C=O) groups excluding carboxylic acids is 1. The minimum absolute atomic E-state index is 0.145. The van der Waals surface area contributed by atoms with Gasteiger partial charge in [0.15, 0.2) is 5.82 Å². The first-order valence-electron chi connectivity index (χ1n) is 6.16. The van der Waals surface area contributed by atoms with Crippen LogP contribution in [0.25, 0.3) is 0 Å². The number of amides is 1. The summed E-state index contributed by atoms with van der Waals surface area (Å²) in [5.74, 6) is 0.334. The lowest BCUT2D eigenvalue weighted by Gasteiger charge is -2.10. The summed E-state index contributed by atoms with van der Waals surface area (Å²) in [6, 6.07) is 8.38. The van der Waals surface area contributed by atoms with E-state index < -0.39 is 0 Å². The molecule has 0 saturated heterocycles. The molecule has 0 spiro atoms. The number of nitrogens with zero attached hydrogens (tertiary/aromatic N) is 2. The van der Waals surface area contributed by atoms with E-state index in [1.807, 2.05) is 12.1 Å². The van der Waals surface area contributed by atoms with Gasteiger partial charge in [0.05, 0.1) is 24.1 Å². The van der Waals surface area contributed by atoms with Crippen LogP contribution >= 0.6 is 0 Å². The first kappa shape index (κ1) is 11.6. The van der Waals surface area contributed by atoms with E-state index in [9.17, 15) is 4.79 Å². The molecule has 5 heteroatoms. The molecule has 0 radical (unpaired) electrons. The standard InChI is InChI=1S/C14H14N4O/c1-9(19)17-14-8-15-13(7-16-14)12-6-10-4-2-3-5-11(10)18-12/h2-5,7-8,12,18H,6H2,1H3,(H,16,17,19). The van der Waals surface area contributed by atoms with Crippen LogP contribution in [0.4, 0.5) is 11.5 Å². The maximum absolute atomic E-state index is 10.9. The van der Waals surface area contributed by atoms with Gasteiger partial charge in [-0.25, -0.2) is 4.98 Å². The minimum Gasteiger partial charge on any atom is -0.376 e. The van der Waals surface area contributed by atoms with Gasteiger partial charge in [0.1, 0.15) is 0 Å². The quantitative estimate of drug-likeness (QED) is 0.861. The van der Waals surface area contributed by atoms with Crippen molar-refractivity contribution < 1.29 is 4.79 Å². The van der Waals surface area contributed by atoms with Gasteiger partial charge in [-0.3, -0.25) is 9.78 Å². The van der Waals surface area contributed by atoms with E-state index in [4.69, 9.17) is 0 Å². The summed E-state index contributed by atoms with van der Waals surface area (Å²) >= 11 is 0. The molecule has 1 aliphatic heterocycles. The second-order valence-electron chi connectivity index (χ2n) is 4.57. The van der Waals surface area contributed by atoms with Crippen molar-refractivity contribution >= 4 is 17.4 Å². The highest BCUT2D eigenvalue weighted by atomic mass is 16.1. The summed E-state index contributed by atoms with van der Waals surface area (Å²) in [7, 11) is 0. The number of para-hydroxylation sites is 1. The SMILES string of the molecule is CC(=O)Nc1cnc(C2Cc3ccccc3N2)cn1. The van der Waals surface area contributed by atoms with Crippen LogP contribution in [-0.4, -0.2) is 15.9 Å². The van der Waals surface area contributed by atoms with Crippen molar-refractivity contribution in [2.75, 3.05) is 10.6 Å². The van der Waals surface area contributed by atoms with Crippen molar-refractivity contribution in [1.29, 1.82) is 0 Å². The van der Waals surface area contributed by atoms with Gasteiger partial charge in [0.25, 0.3) is 0 Å². The van der Waals surface area contributed by atoms with Crippen molar-refractivity contribution in [1.82, 2.24) is 9.97 Å². The van der Waals surface area contributed by atoms with E-state index in [1.165, 1.54) is 12.5 Å². The molecule has 1 unspecified atom stereocenters. The lowest BCUT2D eigenvalue weighted by molar-refractivity contribution is -0.114. The summed E-state index contributed by atoms with van der Waals surface area (Å²) in [5.41, 5.74) is 3.32. The maximum Gasteiger partial charge on any atom is 0.222 e. The Labute approximate surface area is 111 Å². The normalized spacial score (nSPS) is 16.6. The summed E-state index contributed by atoms with van der Waals surface area (Å²) in [5, 5.41) is 6.03. The first-order valence-corrected chi connectivity index (χ1v) is 6.16. The second kappa shape index (κ2) is 4.68. The zero-order valence-corrected chi connectivity index (χ0v) is 10.6. The van der Waals surface area contributed by atoms with Gasteiger partial charge in [-0.15, -0.1) is 0 Å². The molecule has 96 valence electrons. The second-order valence-corrected chi connectivity index (χ2v) is 4.57. The number of fused-ring (bicyclic) bond motifs is 1. The van der Waals surface area contributed by atoms with E-state index in [2.05, 4.69) is 32.7 Å². The summed E-state index contributed by atoms with van der Waals surface area (Å²) in [6.07, 6.45) is 4.19. The van der Waals surface area contributed by atoms with Crippen molar-refractivity contribution in [2.45, 2.75) is 19.4 Å². The molecule has 19 heavy (non-hydrogen) atoms. The molecule has 5 nitrogen and oxygen atoms in total. The van der Waals surface area contributed by atoms with Crippen LogP contribution in [0, 0.1) is 0 Å². The molecule has 0 fully saturated rings. The molecule has 0 saturated carbocycles. The summed E-state index contributed by atoms with van der Waals surface area (Å²) in [6.45, 7) is 1.45. The lowest BCUT2D eigenvalue weighted by atomic mass is 10.1. The van der Waals surface area contributed by atoms with Crippen molar-refractivity contribution in [2.24, 2.45) is 0 Å². The Morgan fingerprint density at radius 3 is 2.84 bits per heavy atom. The van der Waals surface area contributed by atoms with Crippen LogP contribution in [0.2, 0.25) is 0 Å². The molecule has 2 heterocycles. The van der Waals surface area contributed by atoms with Crippen molar-refractivity contribution in [3.05, 3.63) is 47.9 Å². The average molecular weight is 254 g/mol. The van der Waals surface area contributed by atoms with E-state index >= 15 is 0 Å². The van der Waals surface area contributed by atoms with Crippen LogP contribution < -0.4 is 10.6 Å². The van der Waals surface area contributed by atoms with E-state index in [-0.39, 0.29) is 11.9 Å². The lowest BCUT2D eigenvalue weighted by Crippen LogP contribution is -2.11. The van der Waals surface area contributed by atoms with Gasteiger partial charge in [-0.05, 0) is 11.6 Å². The largest absolute Gasteiger partial charge is 0.376 e. The average Bonchev–Trinajstić information content (AvgIpc) is 2.82. The number of nitrogens with one attached hydrogen (secondary N) is 2. The van der Waals surface area contributed by atoms with E-state index in [1.54, 1.807) is 12.4 Å². The number of benzene rings is 1. The minimum atomic E-state index is -0.145. The third-order valence-electron chi connectivity index (χ3n) is 3.10. The first-order chi connectivity index (χ1) is 9.22. The molecule has 1 atom stereocenters. The predicted octanol–water partition coefficient (Wildman–Crippen LogP) is 2.14. The Bertz CT molecular complexity index is 584. The monoisotopic (exact) mass is 254 g/mol. The van der Waals surface area contributed by atoms with Crippen LogP contribution in [0.1, 0.15) is 24.2 Å². The Morgan fingerprint density at radius 2 is 2.16 bits per heavy atom. The fraction of sp³-hybridized carbons (Fsp3) is 0.214. The smallest absolute Gasteiger partial charge is 0.222 e. The fourth-order valence-electron chi connectivity index (χ4n) is 2.24. The molecular formula is C14H14N4O. The number of hydrogen-bond acceptors (Lipinski definition) is 4. The number of hydrogen-bond donors (Lipinski definition) is 2. The predicted molar refractivity (Wildman–Crippen MR) is 72.8 cm³/mol. The molecule has 2 N–H and O–H groups in total. The Balaban J connectivity index is 1.76. The van der Waals surface area contributed by atoms with Gasteiger partial charge in [0, 0.05) is 19.0 Å². The molecule has 1 amide bonds. The molecule has 0 bridgehead atoms. The zero-order valence-electron chi connectivity index (χ0n) is 10.6. The molecule has 1 aromatic carbocycles. The fourth-order valence-corrected chi connectivity index (χ4v) is 2.24. The van der Waals surface area contributed by atoms with Crippen LogP contribution in [-0.2, 0) is 11.2 Å². The van der Waals surface area contributed by atoms with Gasteiger partial charge >= 0.3 is 0 Å². The van der Waals surface area contributed by atoms with Gasteiger partial charge < -0.3 is 10.6 Å². The van der Waals surface area contributed by atoms with E-state index in [0.717, 1.165) is 17.8 Å².